The molecule has 0 unspecified atom stereocenters. The lowest BCUT2D eigenvalue weighted by atomic mass is 10.2. The molecule has 4 aromatic rings. The maximum Gasteiger partial charge on any atom is 0.278 e. The summed E-state index contributed by atoms with van der Waals surface area (Å²) in [6, 6.07) is 18.3. The van der Waals surface area contributed by atoms with Crippen LogP contribution in [0.1, 0.15) is 4.88 Å². The van der Waals surface area contributed by atoms with Crippen LogP contribution in [0.3, 0.4) is 0 Å². The van der Waals surface area contributed by atoms with Gasteiger partial charge in [0.1, 0.15) is 5.75 Å². The lowest BCUT2D eigenvalue weighted by Crippen LogP contribution is -1.94. The minimum Gasteiger partial charge on any atom is -0.431 e. The van der Waals surface area contributed by atoms with E-state index in [1.807, 2.05) is 30.5 Å². The van der Waals surface area contributed by atoms with Crippen LogP contribution < -0.4 is 4.74 Å². The van der Waals surface area contributed by atoms with Crippen molar-refractivity contribution in [3.05, 3.63) is 76.3 Å². The quantitative estimate of drug-likeness (QED) is 0.451. The number of thiazole rings is 1. The first-order chi connectivity index (χ1) is 11.3. The first kappa shape index (κ1) is 14.5. The Hall–Kier alpha value is -2.11. The number of hydrogen-bond acceptors (Lipinski definition) is 3. The molecule has 0 atom stereocenters. The number of hydrogen-bond donors (Lipinski definition) is 0. The molecule has 23 heavy (non-hydrogen) atoms. The highest BCUT2D eigenvalue weighted by Gasteiger charge is 2.07. The molecule has 4 rings (SSSR count). The van der Waals surface area contributed by atoms with Gasteiger partial charge in [0.05, 0.1) is 6.54 Å². The molecule has 0 fully saturated rings. The van der Waals surface area contributed by atoms with Gasteiger partial charge in [-0.15, -0.1) is 0 Å². The third-order valence-corrected chi connectivity index (χ3v) is 4.95. The number of nitrogens with zero attached hydrogens (tertiary/aromatic N) is 2. The van der Waals surface area contributed by atoms with Crippen molar-refractivity contribution in [1.29, 1.82) is 0 Å². The van der Waals surface area contributed by atoms with Crippen molar-refractivity contribution >= 4 is 38.2 Å². The second-order valence-electron chi connectivity index (χ2n) is 5.15. The van der Waals surface area contributed by atoms with Crippen molar-refractivity contribution in [3.63, 3.8) is 0 Å². The fraction of sp³-hybridized carbons (Fsp3) is 0.0556. The van der Waals surface area contributed by atoms with Gasteiger partial charge in [0.15, 0.2) is 0 Å². The zero-order valence-corrected chi connectivity index (χ0v) is 14.5. The average molecular weight is 385 g/mol. The predicted molar refractivity (Wildman–Crippen MR) is 97.4 cm³/mol. The molecule has 0 aliphatic rings. The highest BCUT2D eigenvalue weighted by Crippen LogP contribution is 2.28. The summed E-state index contributed by atoms with van der Waals surface area (Å²) in [5.74, 6) is 0.792. The average Bonchev–Trinajstić information content (AvgIpc) is 3.18. The number of ether oxygens (including phenoxy) is 1. The second-order valence-corrected chi connectivity index (χ2v) is 7.14. The second kappa shape index (κ2) is 6.18. The third-order valence-electron chi connectivity index (χ3n) is 3.56. The van der Waals surface area contributed by atoms with E-state index in [-0.39, 0.29) is 0 Å². The van der Waals surface area contributed by atoms with Gasteiger partial charge in [-0.1, -0.05) is 45.5 Å². The Kier molecular flexibility index (Phi) is 3.89. The molecule has 2 aromatic heterocycles. The minimum atomic E-state index is 0.666. The van der Waals surface area contributed by atoms with Gasteiger partial charge in [-0.05, 0) is 41.8 Å². The Balaban J connectivity index is 1.52. The zero-order valence-electron chi connectivity index (χ0n) is 12.1. The number of fused-ring (bicyclic) bond motifs is 1. The van der Waals surface area contributed by atoms with Crippen LogP contribution in [0.2, 0.25) is 0 Å². The van der Waals surface area contributed by atoms with Crippen molar-refractivity contribution in [1.82, 2.24) is 9.55 Å². The third kappa shape index (κ3) is 3.16. The monoisotopic (exact) mass is 384 g/mol. The zero-order chi connectivity index (χ0) is 15.6. The molecule has 0 spiro atoms. The van der Waals surface area contributed by atoms with Crippen LogP contribution in [0.5, 0.6) is 10.9 Å². The molecule has 0 bridgehead atoms. The highest BCUT2D eigenvalue weighted by molar-refractivity contribution is 9.10. The normalized spacial score (nSPS) is 11.0. The summed E-state index contributed by atoms with van der Waals surface area (Å²) < 4.78 is 9.06. The smallest absolute Gasteiger partial charge is 0.278 e. The van der Waals surface area contributed by atoms with Crippen LogP contribution in [0.25, 0.3) is 10.9 Å². The van der Waals surface area contributed by atoms with Gasteiger partial charge in [0, 0.05) is 27.3 Å². The maximum absolute atomic E-state index is 5.80. The van der Waals surface area contributed by atoms with Gasteiger partial charge >= 0.3 is 0 Å². The van der Waals surface area contributed by atoms with Crippen LogP contribution in [-0.4, -0.2) is 9.55 Å². The van der Waals surface area contributed by atoms with Crippen LogP contribution in [0, 0.1) is 0 Å². The summed E-state index contributed by atoms with van der Waals surface area (Å²) in [7, 11) is 0. The number of aromatic nitrogens is 2. The van der Waals surface area contributed by atoms with E-state index in [0.717, 1.165) is 16.8 Å². The number of rotatable bonds is 4. The van der Waals surface area contributed by atoms with Crippen LogP contribution >= 0.6 is 27.3 Å². The number of para-hydroxylation sites is 1. The van der Waals surface area contributed by atoms with Gasteiger partial charge in [-0.25, -0.2) is 4.98 Å². The lowest BCUT2D eigenvalue weighted by Gasteiger charge is -2.03. The van der Waals surface area contributed by atoms with Gasteiger partial charge < -0.3 is 9.30 Å². The van der Waals surface area contributed by atoms with E-state index in [1.54, 1.807) is 11.3 Å². The van der Waals surface area contributed by atoms with E-state index in [4.69, 9.17) is 4.74 Å². The number of halogens is 1. The van der Waals surface area contributed by atoms with Crippen molar-refractivity contribution in [3.8, 4) is 10.9 Å². The van der Waals surface area contributed by atoms with Crippen LogP contribution in [-0.2, 0) is 6.54 Å². The molecular formula is C18H13BrN2OS. The maximum atomic E-state index is 5.80. The molecule has 0 N–H and O–H groups in total. The Bertz CT molecular complexity index is 943. The Morgan fingerprint density at radius 2 is 1.87 bits per heavy atom. The first-order valence-corrected chi connectivity index (χ1v) is 8.81. The first-order valence-electron chi connectivity index (χ1n) is 7.20. The van der Waals surface area contributed by atoms with E-state index in [0.29, 0.717) is 5.19 Å². The topological polar surface area (TPSA) is 27.1 Å². The van der Waals surface area contributed by atoms with Crippen LogP contribution in [0.4, 0.5) is 0 Å². The predicted octanol–water partition coefficient (Wildman–Crippen LogP) is 5.70. The summed E-state index contributed by atoms with van der Waals surface area (Å²) in [6.45, 7) is 0.800. The molecule has 2 aromatic carbocycles. The molecule has 0 saturated heterocycles. The van der Waals surface area contributed by atoms with Gasteiger partial charge in [-0.2, -0.15) is 0 Å². The fourth-order valence-electron chi connectivity index (χ4n) is 2.46. The van der Waals surface area contributed by atoms with E-state index >= 15 is 0 Å². The molecule has 0 aliphatic heterocycles. The molecule has 2 heterocycles. The standard InChI is InChI=1S/C18H13BrN2OS/c19-14-5-7-15(8-6-14)22-18-20-11-16(23-18)12-21-10-9-13-3-1-2-4-17(13)21/h1-11H,12H2. The summed E-state index contributed by atoms with van der Waals surface area (Å²) in [4.78, 5) is 5.53. The van der Waals surface area contributed by atoms with E-state index < -0.39 is 0 Å². The summed E-state index contributed by atoms with van der Waals surface area (Å²) >= 11 is 4.99. The van der Waals surface area contributed by atoms with Crippen molar-refractivity contribution in [2.45, 2.75) is 6.54 Å². The molecule has 114 valence electrons. The van der Waals surface area contributed by atoms with Crippen molar-refractivity contribution < 1.29 is 4.74 Å². The SMILES string of the molecule is Brc1ccc(Oc2ncc(Cn3ccc4ccccc43)s2)cc1. The van der Waals surface area contributed by atoms with Crippen molar-refractivity contribution in [2.24, 2.45) is 0 Å². The highest BCUT2D eigenvalue weighted by atomic mass is 79.9. The largest absolute Gasteiger partial charge is 0.431 e. The molecule has 0 saturated carbocycles. The van der Waals surface area contributed by atoms with E-state index in [1.165, 1.54) is 15.8 Å². The number of benzene rings is 2. The van der Waals surface area contributed by atoms with E-state index in [9.17, 15) is 0 Å². The Morgan fingerprint density at radius 1 is 1.04 bits per heavy atom. The summed E-state index contributed by atoms with van der Waals surface area (Å²) in [5.41, 5.74) is 1.23. The molecule has 0 amide bonds. The minimum absolute atomic E-state index is 0.666. The van der Waals surface area contributed by atoms with Gasteiger partial charge in [0.25, 0.3) is 5.19 Å². The van der Waals surface area contributed by atoms with Crippen molar-refractivity contribution in [2.75, 3.05) is 0 Å². The molecule has 0 aliphatic carbocycles. The van der Waals surface area contributed by atoms with Crippen LogP contribution in [0.15, 0.2) is 71.5 Å². The lowest BCUT2D eigenvalue weighted by molar-refractivity contribution is 0.479. The summed E-state index contributed by atoms with van der Waals surface area (Å²) in [6.07, 6.45) is 3.99. The summed E-state index contributed by atoms with van der Waals surface area (Å²) in [5, 5.41) is 1.92. The Morgan fingerprint density at radius 3 is 2.74 bits per heavy atom. The molecule has 0 radical (unpaired) electrons. The molecular weight excluding hydrogens is 372 g/mol. The van der Waals surface area contributed by atoms with Gasteiger partial charge in [-0.3, -0.25) is 0 Å². The van der Waals surface area contributed by atoms with E-state index in [2.05, 4.69) is 62.0 Å². The molecule has 3 nitrogen and oxygen atoms in total. The van der Waals surface area contributed by atoms with Gasteiger partial charge in [0.2, 0.25) is 0 Å². The fourth-order valence-corrected chi connectivity index (χ4v) is 3.50. The molecule has 5 heteroatoms. The Labute approximate surface area is 146 Å².